The molecule has 1 unspecified atom stereocenters. The van der Waals surface area contributed by atoms with Gasteiger partial charge in [0.2, 0.25) is 0 Å². The first-order valence-corrected chi connectivity index (χ1v) is 13.1. The zero-order valence-electron chi connectivity index (χ0n) is 21.4. The molecular weight excluding hydrogens is 512 g/mol. The summed E-state index contributed by atoms with van der Waals surface area (Å²) in [6.45, 7) is 3.41. The number of amides is 1. The molecule has 39 heavy (non-hydrogen) atoms. The summed E-state index contributed by atoms with van der Waals surface area (Å²) in [4.78, 5) is 21.8. The van der Waals surface area contributed by atoms with Crippen molar-refractivity contribution in [2.24, 2.45) is 0 Å². The number of carbonyl (C=O) groups excluding carboxylic acids is 1. The van der Waals surface area contributed by atoms with E-state index in [0.29, 0.717) is 17.2 Å². The second kappa shape index (κ2) is 11.2. The van der Waals surface area contributed by atoms with Crippen molar-refractivity contribution < 1.29 is 27.1 Å². The Morgan fingerprint density at radius 3 is 2.46 bits per heavy atom. The molecule has 10 heteroatoms. The van der Waals surface area contributed by atoms with E-state index in [1.807, 2.05) is 4.90 Å². The van der Waals surface area contributed by atoms with E-state index in [-0.39, 0.29) is 29.1 Å². The van der Waals surface area contributed by atoms with E-state index in [1.54, 1.807) is 30.3 Å². The van der Waals surface area contributed by atoms with E-state index in [4.69, 9.17) is 10.5 Å². The second-order valence-electron chi connectivity index (χ2n) is 10.1. The average molecular weight is 543 g/mol. The van der Waals surface area contributed by atoms with Crippen molar-refractivity contribution in [2.75, 3.05) is 31.9 Å². The number of pyridine rings is 1. The molecule has 2 N–H and O–H groups in total. The molecule has 1 aromatic heterocycles. The molecule has 0 bridgehead atoms. The van der Waals surface area contributed by atoms with Gasteiger partial charge in [0.05, 0.1) is 5.56 Å². The number of halogens is 4. The molecule has 2 aliphatic heterocycles. The quantitative estimate of drug-likeness (QED) is 0.384. The van der Waals surface area contributed by atoms with E-state index >= 15 is 0 Å². The number of likely N-dealkylation sites (tertiary alicyclic amines) is 2. The monoisotopic (exact) mass is 542 g/mol. The molecule has 3 heterocycles. The molecule has 2 aromatic carbocycles. The van der Waals surface area contributed by atoms with Crippen molar-refractivity contribution in [2.45, 2.75) is 44.5 Å². The van der Waals surface area contributed by atoms with E-state index in [2.05, 4.69) is 9.88 Å². The number of hydrogen-bond acceptors (Lipinski definition) is 5. The van der Waals surface area contributed by atoms with E-state index in [1.165, 1.54) is 19.0 Å². The van der Waals surface area contributed by atoms with Gasteiger partial charge in [-0.3, -0.25) is 4.79 Å². The van der Waals surface area contributed by atoms with Gasteiger partial charge in [0, 0.05) is 42.0 Å². The molecule has 206 valence electrons. The number of nitrogens with zero attached hydrogens (tertiary/aromatic N) is 3. The van der Waals surface area contributed by atoms with Gasteiger partial charge in [-0.25, -0.2) is 9.37 Å². The van der Waals surface area contributed by atoms with Gasteiger partial charge in [0.25, 0.3) is 5.91 Å². The van der Waals surface area contributed by atoms with Gasteiger partial charge in [0.1, 0.15) is 12.4 Å². The van der Waals surface area contributed by atoms with Gasteiger partial charge < -0.3 is 20.3 Å². The normalized spacial score (nSPS) is 18.1. The maximum atomic E-state index is 13.4. The minimum absolute atomic E-state index is 0.0132. The topological polar surface area (TPSA) is 71.7 Å². The SMILES string of the molecule is Nc1ncc(-c2ccc(C(=O)N3CCCC3CN3CCCC3)cc2)cc1OCc1ccc(F)cc1C(F)(F)F. The van der Waals surface area contributed by atoms with Crippen molar-refractivity contribution in [3.8, 4) is 16.9 Å². The Hall–Kier alpha value is -3.66. The fourth-order valence-electron chi connectivity index (χ4n) is 5.35. The number of aromatic nitrogens is 1. The third-order valence-corrected chi connectivity index (χ3v) is 7.41. The van der Waals surface area contributed by atoms with Crippen LogP contribution in [0.3, 0.4) is 0 Å². The van der Waals surface area contributed by atoms with E-state index in [9.17, 15) is 22.4 Å². The Kier molecular flexibility index (Phi) is 7.74. The van der Waals surface area contributed by atoms with Crippen LogP contribution in [0.5, 0.6) is 5.75 Å². The molecule has 2 fully saturated rings. The highest BCUT2D eigenvalue weighted by atomic mass is 19.4. The lowest BCUT2D eigenvalue weighted by atomic mass is 10.0. The first-order valence-electron chi connectivity index (χ1n) is 13.1. The number of nitrogens with two attached hydrogens (primary N) is 1. The lowest BCUT2D eigenvalue weighted by molar-refractivity contribution is -0.138. The van der Waals surface area contributed by atoms with Gasteiger partial charge in [0.15, 0.2) is 11.6 Å². The molecule has 0 aliphatic carbocycles. The molecule has 2 aliphatic rings. The van der Waals surface area contributed by atoms with E-state index in [0.717, 1.165) is 56.7 Å². The number of hydrogen-bond donors (Lipinski definition) is 1. The minimum Gasteiger partial charge on any atom is -0.485 e. The Morgan fingerprint density at radius 1 is 1.00 bits per heavy atom. The number of benzene rings is 2. The molecule has 0 radical (unpaired) electrons. The van der Waals surface area contributed by atoms with Crippen LogP contribution in [0.4, 0.5) is 23.4 Å². The van der Waals surface area contributed by atoms with Crippen molar-refractivity contribution in [1.82, 2.24) is 14.8 Å². The zero-order chi connectivity index (χ0) is 27.6. The van der Waals surface area contributed by atoms with Crippen LogP contribution < -0.4 is 10.5 Å². The van der Waals surface area contributed by atoms with Crippen LogP contribution in [0.1, 0.15) is 47.2 Å². The molecule has 3 aromatic rings. The average Bonchev–Trinajstić information content (AvgIpc) is 3.60. The number of carbonyl (C=O) groups is 1. The van der Waals surface area contributed by atoms with Crippen LogP contribution in [0.2, 0.25) is 0 Å². The Morgan fingerprint density at radius 2 is 1.74 bits per heavy atom. The smallest absolute Gasteiger partial charge is 0.416 e. The molecular formula is C29H30F4N4O2. The molecule has 2 saturated heterocycles. The summed E-state index contributed by atoms with van der Waals surface area (Å²) >= 11 is 0. The van der Waals surface area contributed by atoms with Crippen LogP contribution in [0.15, 0.2) is 54.7 Å². The lowest BCUT2D eigenvalue weighted by Gasteiger charge is -2.28. The van der Waals surface area contributed by atoms with Crippen molar-refractivity contribution >= 4 is 11.7 Å². The van der Waals surface area contributed by atoms with Crippen LogP contribution >= 0.6 is 0 Å². The number of ether oxygens (including phenoxy) is 1. The summed E-state index contributed by atoms with van der Waals surface area (Å²) < 4.78 is 59.0. The summed E-state index contributed by atoms with van der Waals surface area (Å²) in [5.41, 5.74) is 6.56. The molecule has 6 nitrogen and oxygen atoms in total. The highest BCUT2D eigenvalue weighted by Gasteiger charge is 2.34. The summed E-state index contributed by atoms with van der Waals surface area (Å²) in [7, 11) is 0. The Bertz CT molecular complexity index is 1320. The van der Waals surface area contributed by atoms with Crippen molar-refractivity contribution in [1.29, 1.82) is 0 Å². The van der Waals surface area contributed by atoms with Gasteiger partial charge in [-0.2, -0.15) is 13.2 Å². The minimum atomic E-state index is -4.73. The molecule has 0 spiro atoms. The largest absolute Gasteiger partial charge is 0.485 e. The number of rotatable bonds is 7. The van der Waals surface area contributed by atoms with Crippen LogP contribution in [-0.2, 0) is 12.8 Å². The van der Waals surface area contributed by atoms with Crippen molar-refractivity contribution in [3.63, 3.8) is 0 Å². The summed E-state index contributed by atoms with van der Waals surface area (Å²) in [5.74, 6) is -0.850. The first-order chi connectivity index (χ1) is 18.7. The van der Waals surface area contributed by atoms with Crippen molar-refractivity contribution in [3.05, 3.63) is 77.2 Å². The zero-order valence-corrected chi connectivity index (χ0v) is 21.4. The summed E-state index contributed by atoms with van der Waals surface area (Å²) in [6.07, 6.45) is 1.26. The summed E-state index contributed by atoms with van der Waals surface area (Å²) in [6, 6.07) is 11.4. The highest BCUT2D eigenvalue weighted by Crippen LogP contribution is 2.34. The number of nitrogen functional groups attached to an aromatic ring is 1. The van der Waals surface area contributed by atoms with Gasteiger partial charge in [-0.05, 0) is 74.7 Å². The first kappa shape index (κ1) is 26.9. The molecule has 0 saturated carbocycles. The highest BCUT2D eigenvalue weighted by molar-refractivity contribution is 5.95. The van der Waals surface area contributed by atoms with Crippen LogP contribution in [-0.4, -0.2) is 52.9 Å². The fraction of sp³-hybridized carbons (Fsp3) is 0.379. The maximum Gasteiger partial charge on any atom is 0.416 e. The standard InChI is InChI=1S/C29H30F4N4O2/c30-23-10-9-21(25(15-23)29(31,32)33)18-39-26-14-22(16-35-27(26)34)19-5-7-20(8-6-19)28(38)37-13-3-4-24(37)17-36-11-1-2-12-36/h5-10,14-16,24H,1-4,11-13,17-18H2,(H2,34,35). The molecule has 5 rings (SSSR count). The second-order valence-corrected chi connectivity index (χ2v) is 10.1. The van der Waals surface area contributed by atoms with Gasteiger partial charge in [-0.15, -0.1) is 0 Å². The maximum absolute atomic E-state index is 13.4. The molecule has 1 atom stereocenters. The summed E-state index contributed by atoms with van der Waals surface area (Å²) in [5, 5.41) is 0. The third kappa shape index (κ3) is 6.16. The lowest BCUT2D eigenvalue weighted by Crippen LogP contribution is -2.42. The van der Waals surface area contributed by atoms with Crippen LogP contribution in [0, 0.1) is 5.82 Å². The fourth-order valence-corrected chi connectivity index (χ4v) is 5.35. The van der Waals surface area contributed by atoms with Gasteiger partial charge >= 0.3 is 6.18 Å². The third-order valence-electron chi connectivity index (χ3n) is 7.41. The predicted molar refractivity (Wildman–Crippen MR) is 140 cm³/mol. The predicted octanol–water partition coefficient (Wildman–Crippen LogP) is 5.77. The Labute approximate surface area is 224 Å². The van der Waals surface area contributed by atoms with E-state index < -0.39 is 24.2 Å². The Balaban J connectivity index is 1.28. The molecule has 1 amide bonds. The number of anilines is 1. The van der Waals surface area contributed by atoms with Gasteiger partial charge in [-0.1, -0.05) is 18.2 Å². The number of alkyl halides is 3. The van der Waals surface area contributed by atoms with Crippen LogP contribution in [0.25, 0.3) is 11.1 Å².